The van der Waals surface area contributed by atoms with Crippen LogP contribution in [0.2, 0.25) is 0 Å². The van der Waals surface area contributed by atoms with E-state index >= 15 is 0 Å². The average molecular weight is 442 g/mol. The molecule has 3 heterocycles. The molecule has 0 bridgehead atoms. The molecular weight excluding hydrogens is 420 g/mol. The lowest BCUT2D eigenvalue weighted by Crippen LogP contribution is -2.50. The lowest BCUT2D eigenvalue weighted by molar-refractivity contribution is -0.134. The van der Waals surface area contributed by atoms with Crippen LogP contribution in [0.25, 0.3) is 22.2 Å². The maximum atomic E-state index is 12.6. The van der Waals surface area contributed by atoms with E-state index in [2.05, 4.69) is 15.0 Å². The summed E-state index contributed by atoms with van der Waals surface area (Å²) in [5.74, 6) is 0.717. The molecule has 166 valence electrons. The van der Waals surface area contributed by atoms with Crippen molar-refractivity contribution in [3.05, 3.63) is 78.5 Å². The molecular formula is C25H22N4O4. The van der Waals surface area contributed by atoms with E-state index < -0.39 is 5.97 Å². The van der Waals surface area contributed by atoms with Crippen molar-refractivity contribution in [1.82, 2.24) is 15.0 Å². The molecule has 8 heteroatoms. The highest BCUT2D eigenvalue weighted by Gasteiger charge is 2.23. The van der Waals surface area contributed by atoms with Gasteiger partial charge in [0.1, 0.15) is 11.3 Å². The number of carbonyl (C=O) groups excluding carboxylic acids is 2. The number of benzene rings is 2. The second-order valence-corrected chi connectivity index (χ2v) is 7.74. The molecule has 2 aromatic heterocycles. The Labute approximate surface area is 190 Å². The number of rotatable bonds is 5. The zero-order valence-electron chi connectivity index (χ0n) is 17.9. The van der Waals surface area contributed by atoms with Crippen molar-refractivity contribution in [2.45, 2.75) is 0 Å². The van der Waals surface area contributed by atoms with Gasteiger partial charge >= 0.3 is 5.97 Å². The van der Waals surface area contributed by atoms with Gasteiger partial charge in [-0.25, -0.2) is 9.78 Å². The summed E-state index contributed by atoms with van der Waals surface area (Å²) in [4.78, 5) is 33.4. The summed E-state index contributed by atoms with van der Waals surface area (Å²) >= 11 is 0. The smallest absolute Gasteiger partial charge is 0.338 e. The summed E-state index contributed by atoms with van der Waals surface area (Å²) in [7, 11) is 0. The molecule has 1 aliphatic heterocycles. The lowest BCUT2D eigenvalue weighted by atomic mass is 10.1. The predicted octanol–water partition coefficient (Wildman–Crippen LogP) is 3.40. The first-order valence-corrected chi connectivity index (χ1v) is 10.7. The minimum atomic E-state index is -0.558. The van der Waals surface area contributed by atoms with Gasteiger partial charge in [0.15, 0.2) is 12.4 Å². The summed E-state index contributed by atoms with van der Waals surface area (Å²) in [6.45, 7) is 2.18. The van der Waals surface area contributed by atoms with E-state index in [4.69, 9.17) is 9.26 Å². The molecule has 0 aliphatic carbocycles. The first-order chi connectivity index (χ1) is 16.2. The van der Waals surface area contributed by atoms with Crippen LogP contribution in [-0.4, -0.2) is 59.7 Å². The van der Waals surface area contributed by atoms with Crippen LogP contribution in [0.1, 0.15) is 10.4 Å². The van der Waals surface area contributed by atoms with Gasteiger partial charge in [-0.05, 0) is 30.3 Å². The number of hydrogen-bond acceptors (Lipinski definition) is 7. The predicted molar refractivity (Wildman–Crippen MR) is 123 cm³/mol. The molecule has 0 atom stereocenters. The molecule has 1 saturated heterocycles. The molecule has 0 N–H and O–H groups in total. The maximum absolute atomic E-state index is 12.6. The van der Waals surface area contributed by atoms with Gasteiger partial charge in [-0.15, -0.1) is 0 Å². The quantitative estimate of drug-likeness (QED) is 0.438. The number of ether oxygens (including phenoxy) is 1. The molecule has 0 saturated carbocycles. The Hall–Kier alpha value is -4.20. The molecule has 4 aromatic rings. The number of aromatic nitrogens is 2. The molecule has 2 aromatic carbocycles. The van der Waals surface area contributed by atoms with Crippen LogP contribution in [0.4, 0.5) is 5.82 Å². The van der Waals surface area contributed by atoms with Crippen LogP contribution < -0.4 is 4.90 Å². The normalized spacial score (nSPS) is 13.8. The van der Waals surface area contributed by atoms with Gasteiger partial charge in [0.2, 0.25) is 0 Å². The second kappa shape index (κ2) is 9.12. The fourth-order valence-corrected chi connectivity index (χ4v) is 3.89. The lowest BCUT2D eigenvalue weighted by Gasteiger charge is -2.35. The molecule has 0 spiro atoms. The Balaban J connectivity index is 1.20. The van der Waals surface area contributed by atoms with E-state index in [0.717, 1.165) is 11.4 Å². The van der Waals surface area contributed by atoms with Crippen LogP contribution in [0, 0.1) is 0 Å². The van der Waals surface area contributed by atoms with Gasteiger partial charge < -0.3 is 19.1 Å². The van der Waals surface area contributed by atoms with Crippen molar-refractivity contribution in [2.75, 3.05) is 37.7 Å². The van der Waals surface area contributed by atoms with E-state index in [1.807, 2.05) is 48.5 Å². The van der Waals surface area contributed by atoms with Crippen LogP contribution >= 0.6 is 0 Å². The Morgan fingerprint density at radius 1 is 0.939 bits per heavy atom. The summed E-state index contributed by atoms with van der Waals surface area (Å²) in [5, 5.41) is 4.78. The van der Waals surface area contributed by atoms with Gasteiger partial charge in [-0.3, -0.25) is 4.79 Å². The monoisotopic (exact) mass is 442 g/mol. The number of anilines is 1. The largest absolute Gasteiger partial charge is 0.452 e. The number of pyridine rings is 1. The third kappa shape index (κ3) is 4.41. The van der Waals surface area contributed by atoms with E-state index in [1.54, 1.807) is 29.3 Å². The van der Waals surface area contributed by atoms with Crippen molar-refractivity contribution in [2.24, 2.45) is 0 Å². The van der Waals surface area contributed by atoms with Crippen LogP contribution in [0.3, 0.4) is 0 Å². The molecule has 1 aliphatic rings. The molecule has 5 rings (SSSR count). The van der Waals surface area contributed by atoms with E-state index in [1.165, 1.54) is 0 Å². The highest BCUT2D eigenvalue weighted by Crippen LogP contribution is 2.29. The van der Waals surface area contributed by atoms with E-state index in [9.17, 15) is 9.59 Å². The minimum Gasteiger partial charge on any atom is -0.452 e. The zero-order chi connectivity index (χ0) is 22.6. The van der Waals surface area contributed by atoms with Crippen molar-refractivity contribution in [3.63, 3.8) is 0 Å². The van der Waals surface area contributed by atoms with Crippen molar-refractivity contribution >= 4 is 28.6 Å². The van der Waals surface area contributed by atoms with Crippen molar-refractivity contribution < 1.29 is 18.8 Å². The molecule has 8 nitrogen and oxygen atoms in total. The zero-order valence-corrected chi connectivity index (χ0v) is 17.9. The minimum absolute atomic E-state index is 0.208. The summed E-state index contributed by atoms with van der Waals surface area (Å²) < 4.78 is 10.8. The molecule has 1 fully saturated rings. The number of amides is 1. The Kier molecular flexibility index (Phi) is 5.72. The van der Waals surface area contributed by atoms with Gasteiger partial charge in [0, 0.05) is 37.9 Å². The average Bonchev–Trinajstić information content (AvgIpc) is 3.31. The van der Waals surface area contributed by atoms with Gasteiger partial charge in [0.25, 0.3) is 5.91 Å². The summed E-state index contributed by atoms with van der Waals surface area (Å²) in [6.07, 6.45) is 1.76. The Morgan fingerprint density at radius 2 is 1.73 bits per heavy atom. The highest BCUT2D eigenvalue weighted by atomic mass is 16.5. The van der Waals surface area contributed by atoms with Crippen LogP contribution in [0.15, 0.2) is 77.4 Å². The number of esters is 1. The number of piperazine rings is 1. The number of carbonyl (C=O) groups is 2. The molecule has 0 unspecified atom stereocenters. The van der Waals surface area contributed by atoms with Gasteiger partial charge in [-0.1, -0.05) is 41.6 Å². The van der Waals surface area contributed by atoms with Crippen molar-refractivity contribution in [1.29, 1.82) is 0 Å². The number of hydrogen-bond donors (Lipinski definition) is 0. The highest BCUT2D eigenvalue weighted by molar-refractivity contribution is 5.99. The maximum Gasteiger partial charge on any atom is 0.338 e. The summed E-state index contributed by atoms with van der Waals surface area (Å²) in [6, 6.07) is 20.3. The third-order valence-electron chi connectivity index (χ3n) is 5.68. The fraction of sp³-hybridized carbons (Fsp3) is 0.200. The van der Waals surface area contributed by atoms with E-state index in [-0.39, 0.29) is 12.5 Å². The number of fused-ring (bicyclic) bond motifs is 1. The Morgan fingerprint density at radius 3 is 2.48 bits per heavy atom. The SMILES string of the molecule is O=C(OCC(=O)N1CCN(c2ccccn2)CC1)c1ccc2noc(-c3ccccc3)c2c1. The van der Waals surface area contributed by atoms with Crippen molar-refractivity contribution in [3.8, 4) is 11.3 Å². The molecule has 33 heavy (non-hydrogen) atoms. The summed E-state index contributed by atoms with van der Waals surface area (Å²) in [5.41, 5.74) is 1.86. The third-order valence-corrected chi connectivity index (χ3v) is 5.68. The van der Waals surface area contributed by atoms with E-state index in [0.29, 0.717) is 48.4 Å². The fourth-order valence-electron chi connectivity index (χ4n) is 3.89. The standard InChI is InChI=1S/C25H22N4O4/c30-23(29-14-12-28(13-15-29)22-8-4-5-11-26-22)17-32-25(31)19-9-10-21-20(16-19)24(33-27-21)18-6-2-1-3-7-18/h1-11,16H,12-15,17H2. The topological polar surface area (TPSA) is 88.8 Å². The van der Waals surface area contributed by atoms with Crippen LogP contribution in [0.5, 0.6) is 0 Å². The molecule has 0 radical (unpaired) electrons. The van der Waals surface area contributed by atoms with Crippen LogP contribution in [-0.2, 0) is 9.53 Å². The first-order valence-electron chi connectivity index (χ1n) is 10.7. The number of nitrogens with zero attached hydrogens (tertiary/aromatic N) is 4. The van der Waals surface area contributed by atoms with Gasteiger partial charge in [0.05, 0.1) is 10.9 Å². The first kappa shape index (κ1) is 20.7. The Bertz CT molecular complexity index is 1270. The molecule has 1 amide bonds. The second-order valence-electron chi connectivity index (χ2n) is 7.74. The van der Waals surface area contributed by atoms with Gasteiger partial charge in [-0.2, -0.15) is 0 Å².